The molecule has 2 atom stereocenters. The lowest BCUT2D eigenvalue weighted by Crippen LogP contribution is -2.34. The highest BCUT2D eigenvalue weighted by Gasteiger charge is 2.25. The van der Waals surface area contributed by atoms with E-state index in [2.05, 4.69) is 31.5 Å². The van der Waals surface area contributed by atoms with Crippen LogP contribution in [0.2, 0.25) is 0 Å². The first-order chi connectivity index (χ1) is 8.16. The second-order valence-corrected chi connectivity index (χ2v) is 4.97. The average molecular weight is 373 g/mol. The van der Waals surface area contributed by atoms with Crippen LogP contribution in [0.5, 0.6) is 0 Å². The molecule has 0 radical (unpaired) electrons. The molecule has 3 N–H and O–H groups in total. The molecule has 5 nitrogen and oxygen atoms in total. The van der Waals surface area contributed by atoms with Crippen LogP contribution in [0.25, 0.3) is 0 Å². The molecule has 1 saturated heterocycles. The summed E-state index contributed by atoms with van der Waals surface area (Å²) in [5.41, 5.74) is 0.383. The van der Waals surface area contributed by atoms with Gasteiger partial charge in [0, 0.05) is 36.2 Å². The number of aromatic nitrogens is 1. The number of hydrogen-bond donors (Lipinski definition) is 3. The largest absolute Gasteiger partial charge is 0.391 e. The van der Waals surface area contributed by atoms with Gasteiger partial charge in [-0.15, -0.1) is 24.8 Å². The second kappa shape index (κ2) is 8.71. The third-order valence-electron chi connectivity index (χ3n) is 2.79. The van der Waals surface area contributed by atoms with Crippen LogP contribution in [0.4, 0.5) is 0 Å². The van der Waals surface area contributed by atoms with Gasteiger partial charge in [0.05, 0.1) is 6.10 Å². The summed E-state index contributed by atoms with van der Waals surface area (Å²) in [6.45, 7) is 1.79. The second-order valence-electron chi connectivity index (χ2n) is 4.06. The van der Waals surface area contributed by atoms with Crippen molar-refractivity contribution < 1.29 is 9.90 Å². The van der Waals surface area contributed by atoms with E-state index in [-0.39, 0.29) is 42.7 Å². The minimum absolute atomic E-state index is 0. The highest BCUT2D eigenvalue weighted by Crippen LogP contribution is 2.09. The van der Waals surface area contributed by atoms with Crippen molar-refractivity contribution in [2.45, 2.75) is 6.10 Å². The summed E-state index contributed by atoms with van der Waals surface area (Å²) in [5.74, 6) is -0.133. The predicted octanol–water partition coefficient (Wildman–Crippen LogP) is 0.998. The lowest BCUT2D eigenvalue weighted by Gasteiger charge is -2.13. The lowest BCUT2D eigenvalue weighted by atomic mass is 10.1. The maximum absolute atomic E-state index is 11.7. The van der Waals surface area contributed by atoms with Gasteiger partial charge in [-0.1, -0.05) is 0 Å². The molecule has 0 spiro atoms. The maximum atomic E-state index is 11.7. The Morgan fingerprint density at radius 1 is 1.47 bits per heavy atom. The molecule has 1 amide bonds. The molecule has 0 aliphatic carbocycles. The summed E-state index contributed by atoms with van der Waals surface area (Å²) in [7, 11) is 0. The van der Waals surface area contributed by atoms with E-state index in [4.69, 9.17) is 0 Å². The van der Waals surface area contributed by atoms with Gasteiger partial charge in [-0.2, -0.15) is 0 Å². The number of halogens is 3. The highest BCUT2D eigenvalue weighted by atomic mass is 79.9. The van der Waals surface area contributed by atoms with E-state index >= 15 is 0 Å². The molecule has 0 saturated carbocycles. The van der Waals surface area contributed by atoms with Crippen molar-refractivity contribution in [3.63, 3.8) is 0 Å². The predicted molar refractivity (Wildman–Crippen MR) is 81.1 cm³/mol. The van der Waals surface area contributed by atoms with Gasteiger partial charge in [0.2, 0.25) is 0 Å². The molecule has 1 aliphatic heterocycles. The molecule has 0 bridgehead atoms. The van der Waals surface area contributed by atoms with Crippen molar-refractivity contribution in [3.05, 3.63) is 28.5 Å². The monoisotopic (exact) mass is 371 g/mol. The van der Waals surface area contributed by atoms with E-state index in [0.29, 0.717) is 18.8 Å². The smallest absolute Gasteiger partial charge is 0.269 e. The SMILES string of the molecule is Cl.Cl.O=C(NCC1CNCC1O)c1ccc(Br)cn1. The van der Waals surface area contributed by atoms with Crippen LogP contribution in [0.3, 0.4) is 0 Å². The fourth-order valence-electron chi connectivity index (χ4n) is 1.75. The van der Waals surface area contributed by atoms with Crippen molar-refractivity contribution in [1.82, 2.24) is 15.6 Å². The molecule has 1 aromatic rings. The van der Waals surface area contributed by atoms with Crippen molar-refractivity contribution in [1.29, 1.82) is 0 Å². The van der Waals surface area contributed by atoms with E-state index in [1.807, 2.05) is 0 Å². The molecule has 2 rings (SSSR count). The number of nitrogens with zero attached hydrogens (tertiary/aromatic N) is 1. The molecule has 19 heavy (non-hydrogen) atoms. The molecule has 8 heteroatoms. The minimum atomic E-state index is -0.381. The van der Waals surface area contributed by atoms with Gasteiger partial charge in [-0.3, -0.25) is 4.79 Å². The van der Waals surface area contributed by atoms with Crippen LogP contribution < -0.4 is 10.6 Å². The number of carbonyl (C=O) groups is 1. The fourth-order valence-corrected chi connectivity index (χ4v) is 1.99. The Bertz CT molecular complexity index is 405. The molecule has 1 aliphatic rings. The van der Waals surface area contributed by atoms with Gasteiger partial charge in [0.25, 0.3) is 5.91 Å². The van der Waals surface area contributed by atoms with Gasteiger partial charge in [-0.25, -0.2) is 4.98 Å². The summed E-state index contributed by atoms with van der Waals surface area (Å²) in [6.07, 6.45) is 1.20. The molecule has 0 aromatic carbocycles. The van der Waals surface area contributed by atoms with Gasteiger partial charge in [0.1, 0.15) is 5.69 Å². The highest BCUT2D eigenvalue weighted by molar-refractivity contribution is 9.10. The summed E-state index contributed by atoms with van der Waals surface area (Å²) < 4.78 is 0.837. The van der Waals surface area contributed by atoms with Crippen LogP contribution in [-0.2, 0) is 0 Å². The first-order valence-corrected chi connectivity index (χ1v) is 6.24. The number of nitrogens with one attached hydrogen (secondary N) is 2. The van der Waals surface area contributed by atoms with Crippen molar-refractivity contribution in [2.24, 2.45) is 5.92 Å². The van der Waals surface area contributed by atoms with E-state index in [9.17, 15) is 9.90 Å². The maximum Gasteiger partial charge on any atom is 0.269 e. The first-order valence-electron chi connectivity index (χ1n) is 5.45. The van der Waals surface area contributed by atoms with Crippen molar-refractivity contribution in [3.8, 4) is 0 Å². The summed E-state index contributed by atoms with van der Waals surface area (Å²) in [4.78, 5) is 15.7. The standard InChI is InChI=1S/C11H14BrN3O2.2ClH/c12-8-1-2-9(14-5-8)11(17)15-4-7-3-13-6-10(7)16;;/h1-2,5,7,10,13,16H,3-4,6H2,(H,15,17);2*1H. The Labute approximate surface area is 132 Å². The zero-order valence-electron chi connectivity index (χ0n) is 10.0. The molecular formula is C11H16BrCl2N3O2. The van der Waals surface area contributed by atoms with Gasteiger partial charge in [0.15, 0.2) is 0 Å². The summed E-state index contributed by atoms with van der Waals surface area (Å²) in [6, 6.07) is 3.43. The van der Waals surface area contributed by atoms with Crippen LogP contribution in [0, 0.1) is 5.92 Å². The minimum Gasteiger partial charge on any atom is -0.391 e. The number of pyridine rings is 1. The molecule has 1 fully saturated rings. The number of hydrogen-bond acceptors (Lipinski definition) is 4. The Morgan fingerprint density at radius 3 is 2.74 bits per heavy atom. The fraction of sp³-hybridized carbons (Fsp3) is 0.455. The van der Waals surface area contributed by atoms with Crippen LogP contribution in [0.15, 0.2) is 22.8 Å². The number of aliphatic hydroxyl groups excluding tert-OH is 1. The third kappa shape index (κ3) is 5.24. The quantitative estimate of drug-likeness (QED) is 0.739. The molecule has 1 aromatic heterocycles. The average Bonchev–Trinajstić information content (AvgIpc) is 2.73. The normalized spacial score (nSPS) is 21.2. The van der Waals surface area contributed by atoms with E-state index < -0.39 is 0 Å². The zero-order chi connectivity index (χ0) is 12.3. The zero-order valence-corrected chi connectivity index (χ0v) is 13.2. The Morgan fingerprint density at radius 2 is 2.21 bits per heavy atom. The van der Waals surface area contributed by atoms with Gasteiger partial charge < -0.3 is 15.7 Å². The lowest BCUT2D eigenvalue weighted by molar-refractivity contribution is 0.0922. The summed E-state index contributed by atoms with van der Waals surface area (Å²) in [5, 5.41) is 15.4. The summed E-state index contributed by atoms with van der Waals surface area (Å²) >= 11 is 3.26. The topological polar surface area (TPSA) is 74.2 Å². The number of amides is 1. The van der Waals surface area contributed by atoms with Crippen LogP contribution in [0.1, 0.15) is 10.5 Å². The Kier molecular flexibility index (Phi) is 8.52. The van der Waals surface area contributed by atoms with Crippen LogP contribution in [-0.4, -0.2) is 41.7 Å². The Hall–Kier alpha value is -0.400. The Balaban J connectivity index is 0.00000162. The number of aliphatic hydroxyl groups is 1. The first kappa shape index (κ1) is 18.6. The van der Waals surface area contributed by atoms with E-state index in [0.717, 1.165) is 11.0 Å². The number of rotatable bonds is 3. The van der Waals surface area contributed by atoms with Gasteiger partial charge >= 0.3 is 0 Å². The van der Waals surface area contributed by atoms with Crippen molar-refractivity contribution >= 4 is 46.7 Å². The van der Waals surface area contributed by atoms with Crippen LogP contribution >= 0.6 is 40.7 Å². The molecular weight excluding hydrogens is 357 g/mol. The number of carbonyl (C=O) groups excluding carboxylic acids is 1. The number of β-amino-alcohol motifs (C(OH)–C–C–N with tert-alkyl or cyclic N) is 1. The van der Waals surface area contributed by atoms with Gasteiger partial charge in [-0.05, 0) is 28.1 Å². The van der Waals surface area contributed by atoms with E-state index in [1.54, 1.807) is 18.3 Å². The molecule has 2 heterocycles. The van der Waals surface area contributed by atoms with Crippen molar-refractivity contribution in [2.75, 3.05) is 19.6 Å². The molecule has 2 unspecified atom stereocenters. The van der Waals surface area contributed by atoms with E-state index in [1.165, 1.54) is 0 Å². The third-order valence-corrected chi connectivity index (χ3v) is 3.26. The molecule has 108 valence electrons.